The number of hydrogen-bond donors (Lipinski definition) is 1. The number of hydrogen-bond acceptors (Lipinski definition) is 4. The maximum Gasteiger partial charge on any atom is 0.416 e. The molecule has 12 heteroatoms. The zero-order chi connectivity index (χ0) is 25.6. The summed E-state index contributed by atoms with van der Waals surface area (Å²) < 4.78 is 91.4. The Hall–Kier alpha value is -2.66. The molecule has 0 unspecified atom stereocenters. The van der Waals surface area contributed by atoms with Gasteiger partial charge in [-0.05, 0) is 65.3 Å². The first-order chi connectivity index (χ1) is 14.6. The number of benzene rings is 1. The average Bonchev–Trinajstić information content (AvgIpc) is 2.52. The number of ether oxygens (including phenoxy) is 2. The van der Waals surface area contributed by atoms with Crippen molar-refractivity contribution in [2.45, 2.75) is 70.6 Å². The number of rotatable bonds is 2. The van der Waals surface area contributed by atoms with Crippen LogP contribution in [0.3, 0.4) is 0 Å². The van der Waals surface area contributed by atoms with Crippen LogP contribution in [0.1, 0.15) is 58.2 Å². The lowest BCUT2D eigenvalue weighted by molar-refractivity contribution is -0.143. The molecule has 0 bridgehead atoms. The highest BCUT2D eigenvalue weighted by molar-refractivity contribution is 5.74. The van der Waals surface area contributed by atoms with Gasteiger partial charge >= 0.3 is 24.5 Å². The fourth-order valence-corrected chi connectivity index (χ4v) is 3.24. The van der Waals surface area contributed by atoms with E-state index in [4.69, 9.17) is 9.47 Å². The number of alkyl carbamates (subject to hydrolysis) is 1. The van der Waals surface area contributed by atoms with Crippen molar-refractivity contribution in [2.24, 2.45) is 0 Å². The lowest BCUT2D eigenvalue weighted by Crippen LogP contribution is -2.70. The van der Waals surface area contributed by atoms with Gasteiger partial charge in [-0.2, -0.15) is 26.3 Å². The van der Waals surface area contributed by atoms with Crippen LogP contribution < -0.4 is 5.32 Å². The van der Waals surface area contributed by atoms with Crippen molar-refractivity contribution in [3.05, 3.63) is 34.9 Å². The fraction of sp³-hybridized carbons (Fsp3) is 0.619. The van der Waals surface area contributed by atoms with Crippen molar-refractivity contribution in [3.63, 3.8) is 0 Å². The van der Waals surface area contributed by atoms with Gasteiger partial charge in [0.05, 0.1) is 24.2 Å². The molecule has 2 amide bonds. The van der Waals surface area contributed by atoms with Crippen LogP contribution in [0.4, 0.5) is 35.9 Å². The molecule has 0 atom stereocenters. The van der Waals surface area contributed by atoms with Crippen LogP contribution in [0, 0.1) is 0 Å². The molecule has 0 spiro atoms. The summed E-state index contributed by atoms with van der Waals surface area (Å²) in [4.78, 5) is 25.7. The largest absolute Gasteiger partial charge is 0.444 e. The van der Waals surface area contributed by atoms with E-state index in [1.54, 1.807) is 20.8 Å². The van der Waals surface area contributed by atoms with E-state index < -0.39 is 71.1 Å². The smallest absolute Gasteiger partial charge is 0.416 e. The average molecular weight is 484 g/mol. The summed E-state index contributed by atoms with van der Waals surface area (Å²) in [7, 11) is 0. The maximum absolute atomic E-state index is 13.7. The summed E-state index contributed by atoms with van der Waals surface area (Å²) in [6.45, 7) is 8.16. The molecule has 0 saturated carbocycles. The highest BCUT2D eigenvalue weighted by Crippen LogP contribution is 2.44. The van der Waals surface area contributed by atoms with Crippen LogP contribution >= 0.6 is 0 Å². The summed E-state index contributed by atoms with van der Waals surface area (Å²) in [6.07, 6.45) is -12.0. The first kappa shape index (κ1) is 26.6. The molecule has 0 aliphatic carbocycles. The van der Waals surface area contributed by atoms with Crippen LogP contribution in [0.2, 0.25) is 0 Å². The van der Waals surface area contributed by atoms with Gasteiger partial charge in [-0.3, -0.25) is 0 Å². The highest BCUT2D eigenvalue weighted by atomic mass is 19.4. The van der Waals surface area contributed by atoms with Gasteiger partial charge in [-0.1, -0.05) is 0 Å². The van der Waals surface area contributed by atoms with E-state index >= 15 is 0 Å². The number of carbonyl (C=O) groups excluding carboxylic acids is 2. The number of nitrogens with zero attached hydrogens (tertiary/aromatic N) is 1. The molecule has 6 nitrogen and oxygen atoms in total. The Morgan fingerprint density at radius 2 is 1.39 bits per heavy atom. The number of nitrogens with one attached hydrogen (secondary N) is 1. The number of carbonyl (C=O) groups is 2. The van der Waals surface area contributed by atoms with Gasteiger partial charge in [-0.25, -0.2) is 9.59 Å². The normalized spacial score (nSPS) is 16.7. The molecule has 1 aliphatic heterocycles. The molecule has 0 radical (unpaired) electrons. The minimum Gasteiger partial charge on any atom is -0.444 e. The van der Waals surface area contributed by atoms with Crippen LogP contribution in [-0.2, 0) is 27.4 Å². The summed E-state index contributed by atoms with van der Waals surface area (Å²) in [5.74, 6) is 0. The van der Waals surface area contributed by atoms with Gasteiger partial charge in [0.1, 0.15) is 16.7 Å². The lowest BCUT2D eigenvalue weighted by Gasteiger charge is -2.51. The summed E-state index contributed by atoms with van der Waals surface area (Å²) in [5, 5.41) is 2.26. The third kappa shape index (κ3) is 6.67. The first-order valence-corrected chi connectivity index (χ1v) is 9.91. The molecule has 0 aromatic heterocycles. The Morgan fingerprint density at radius 3 is 1.82 bits per heavy atom. The van der Waals surface area contributed by atoms with Gasteiger partial charge < -0.3 is 19.7 Å². The summed E-state index contributed by atoms with van der Waals surface area (Å²) >= 11 is 0. The maximum atomic E-state index is 13.7. The lowest BCUT2D eigenvalue weighted by atomic mass is 9.79. The number of alkyl halides is 6. The van der Waals surface area contributed by atoms with E-state index in [9.17, 15) is 35.9 Å². The molecule has 1 aromatic rings. The Bertz CT molecular complexity index is 907. The van der Waals surface area contributed by atoms with E-state index in [-0.39, 0.29) is 0 Å². The van der Waals surface area contributed by atoms with Crippen LogP contribution in [0.15, 0.2) is 18.2 Å². The second-order valence-corrected chi connectivity index (χ2v) is 9.80. The minimum atomic E-state index is -5.02. The number of amides is 2. The quantitative estimate of drug-likeness (QED) is 0.548. The molecule has 1 aromatic carbocycles. The Labute approximate surface area is 187 Å². The second-order valence-electron chi connectivity index (χ2n) is 9.80. The highest BCUT2D eigenvalue weighted by Gasteiger charge is 2.53. The van der Waals surface area contributed by atoms with E-state index in [1.807, 2.05) is 0 Å². The molecular weight excluding hydrogens is 458 g/mol. The minimum absolute atomic E-state index is 0.312. The molecule has 1 aliphatic rings. The van der Waals surface area contributed by atoms with Crippen molar-refractivity contribution < 1.29 is 45.4 Å². The number of halogens is 6. The zero-order valence-corrected chi connectivity index (χ0v) is 19.0. The van der Waals surface area contributed by atoms with Crippen LogP contribution in [-0.4, -0.2) is 41.4 Å². The third-order valence-corrected chi connectivity index (χ3v) is 4.48. The van der Waals surface area contributed by atoms with Crippen LogP contribution in [0.25, 0.3) is 0 Å². The van der Waals surface area contributed by atoms with Crippen molar-refractivity contribution >= 4 is 12.2 Å². The van der Waals surface area contributed by atoms with E-state index in [2.05, 4.69) is 5.32 Å². The van der Waals surface area contributed by atoms with E-state index in [1.165, 1.54) is 20.8 Å². The SMILES string of the molecule is CC(C)(C)OC(=O)NC1(c2cc(C(F)(F)F)ccc2C(F)(F)F)CN(C(=O)OC(C)(C)C)C1. The van der Waals surface area contributed by atoms with Gasteiger partial charge in [0.15, 0.2) is 0 Å². The standard InChI is InChI=1S/C21H26F6N2O4/c1-17(2,3)32-15(30)28-19(10-29(11-19)16(31)33-18(4,5)6)14-9-12(20(22,23)24)7-8-13(14)21(25,26)27/h7-9H,10-11H2,1-6H3,(H,28,30). The van der Waals surface area contributed by atoms with Gasteiger partial charge in [0, 0.05) is 0 Å². The Balaban J connectivity index is 2.55. The van der Waals surface area contributed by atoms with Crippen LogP contribution in [0.5, 0.6) is 0 Å². The van der Waals surface area contributed by atoms with Gasteiger partial charge in [-0.15, -0.1) is 0 Å². The molecule has 1 fully saturated rings. The van der Waals surface area contributed by atoms with E-state index in [0.717, 1.165) is 4.90 Å². The molecule has 33 heavy (non-hydrogen) atoms. The van der Waals surface area contributed by atoms with Crippen molar-refractivity contribution in [1.29, 1.82) is 0 Å². The molecule has 1 N–H and O–H groups in total. The van der Waals surface area contributed by atoms with Crippen molar-refractivity contribution in [2.75, 3.05) is 13.1 Å². The second kappa shape index (κ2) is 8.28. The Kier molecular flexibility index (Phi) is 6.67. The summed E-state index contributed by atoms with van der Waals surface area (Å²) in [6, 6.07) is 0.969. The fourth-order valence-electron chi connectivity index (χ4n) is 3.24. The van der Waals surface area contributed by atoms with Crippen molar-refractivity contribution in [1.82, 2.24) is 10.2 Å². The number of likely N-dealkylation sites (tertiary alicyclic amines) is 1. The molecule has 1 heterocycles. The van der Waals surface area contributed by atoms with Crippen molar-refractivity contribution in [3.8, 4) is 0 Å². The zero-order valence-electron chi connectivity index (χ0n) is 19.0. The summed E-state index contributed by atoms with van der Waals surface area (Å²) in [5.41, 5.74) is -7.44. The van der Waals surface area contributed by atoms with Gasteiger partial charge in [0.2, 0.25) is 0 Å². The predicted molar refractivity (Wildman–Crippen MR) is 105 cm³/mol. The molecule has 1 saturated heterocycles. The molecule has 2 rings (SSSR count). The van der Waals surface area contributed by atoms with Gasteiger partial charge in [0.25, 0.3) is 0 Å². The third-order valence-electron chi connectivity index (χ3n) is 4.48. The first-order valence-electron chi connectivity index (χ1n) is 9.91. The predicted octanol–water partition coefficient (Wildman–Crippen LogP) is 5.69. The molecular formula is C21H26F6N2O4. The monoisotopic (exact) mass is 484 g/mol. The molecule has 186 valence electrons. The van der Waals surface area contributed by atoms with E-state index in [0.29, 0.717) is 18.2 Å². The Morgan fingerprint density at radius 1 is 0.879 bits per heavy atom. The topological polar surface area (TPSA) is 67.9 Å².